The molecule has 0 radical (unpaired) electrons. The molecule has 0 aliphatic heterocycles. The zero-order valence-electron chi connectivity index (χ0n) is 14.9. The first-order valence-corrected chi connectivity index (χ1v) is 8.53. The SMILES string of the molecule is Cc1ccc(NC(=O)C(C)(C)C(=O)NC(C)c2ccccc2)cc1Cl. The van der Waals surface area contributed by atoms with E-state index in [0.29, 0.717) is 10.7 Å². The normalized spacial score (nSPS) is 12.4. The second-order valence-corrected chi connectivity index (χ2v) is 7.06. The van der Waals surface area contributed by atoms with Gasteiger partial charge in [0.1, 0.15) is 5.41 Å². The molecule has 2 aromatic carbocycles. The third-order valence-corrected chi connectivity index (χ3v) is 4.62. The smallest absolute Gasteiger partial charge is 0.239 e. The molecule has 4 nitrogen and oxygen atoms in total. The molecule has 1 unspecified atom stereocenters. The molecule has 5 heteroatoms. The number of carbonyl (C=O) groups is 2. The predicted molar refractivity (Wildman–Crippen MR) is 102 cm³/mol. The van der Waals surface area contributed by atoms with Gasteiger partial charge in [0.15, 0.2) is 0 Å². The molecule has 1 atom stereocenters. The van der Waals surface area contributed by atoms with Crippen LogP contribution in [0.2, 0.25) is 5.02 Å². The van der Waals surface area contributed by atoms with Crippen LogP contribution in [0.3, 0.4) is 0 Å². The molecule has 0 aromatic heterocycles. The highest BCUT2D eigenvalue weighted by atomic mass is 35.5. The average Bonchev–Trinajstić information content (AvgIpc) is 2.58. The van der Waals surface area contributed by atoms with E-state index < -0.39 is 5.41 Å². The van der Waals surface area contributed by atoms with Gasteiger partial charge in [-0.15, -0.1) is 0 Å². The van der Waals surface area contributed by atoms with Crippen LogP contribution in [0, 0.1) is 12.3 Å². The number of amides is 2. The summed E-state index contributed by atoms with van der Waals surface area (Å²) in [4.78, 5) is 25.2. The van der Waals surface area contributed by atoms with Crippen molar-refractivity contribution in [3.63, 3.8) is 0 Å². The minimum atomic E-state index is -1.22. The Morgan fingerprint density at radius 2 is 1.68 bits per heavy atom. The number of benzene rings is 2. The quantitative estimate of drug-likeness (QED) is 0.773. The molecule has 0 fully saturated rings. The number of halogens is 1. The maximum atomic E-state index is 12.6. The van der Waals surface area contributed by atoms with Crippen molar-refractivity contribution in [3.05, 3.63) is 64.7 Å². The van der Waals surface area contributed by atoms with Crippen LogP contribution in [0.5, 0.6) is 0 Å². The Kier molecular flexibility index (Phi) is 5.85. The van der Waals surface area contributed by atoms with Gasteiger partial charge in [0.2, 0.25) is 11.8 Å². The molecule has 0 aliphatic rings. The van der Waals surface area contributed by atoms with E-state index in [4.69, 9.17) is 11.6 Å². The molecule has 0 aliphatic carbocycles. The molecule has 2 rings (SSSR count). The minimum Gasteiger partial charge on any atom is -0.349 e. The maximum absolute atomic E-state index is 12.6. The second kappa shape index (κ2) is 7.70. The Balaban J connectivity index is 2.06. The molecule has 25 heavy (non-hydrogen) atoms. The van der Waals surface area contributed by atoms with Gasteiger partial charge in [0.25, 0.3) is 0 Å². The van der Waals surface area contributed by atoms with Crippen LogP contribution in [0.25, 0.3) is 0 Å². The molecule has 0 saturated heterocycles. The zero-order valence-corrected chi connectivity index (χ0v) is 15.6. The summed E-state index contributed by atoms with van der Waals surface area (Å²) >= 11 is 6.08. The number of anilines is 1. The largest absolute Gasteiger partial charge is 0.349 e. The van der Waals surface area contributed by atoms with Crippen molar-refractivity contribution >= 4 is 29.1 Å². The molecule has 2 amide bonds. The summed E-state index contributed by atoms with van der Waals surface area (Å²) < 4.78 is 0. The lowest BCUT2D eigenvalue weighted by atomic mass is 9.90. The molecular formula is C20H23ClN2O2. The highest BCUT2D eigenvalue weighted by molar-refractivity contribution is 6.31. The van der Waals surface area contributed by atoms with Gasteiger partial charge >= 0.3 is 0 Å². The van der Waals surface area contributed by atoms with E-state index in [9.17, 15) is 9.59 Å². The third-order valence-electron chi connectivity index (χ3n) is 4.21. The molecular weight excluding hydrogens is 336 g/mol. The number of aryl methyl sites for hydroxylation is 1. The first-order valence-electron chi connectivity index (χ1n) is 8.15. The lowest BCUT2D eigenvalue weighted by Crippen LogP contribution is -2.45. The van der Waals surface area contributed by atoms with Gasteiger partial charge in [-0.25, -0.2) is 0 Å². The van der Waals surface area contributed by atoms with Gasteiger partial charge in [0.05, 0.1) is 6.04 Å². The summed E-state index contributed by atoms with van der Waals surface area (Å²) in [5.74, 6) is -0.718. The number of nitrogens with one attached hydrogen (secondary N) is 2. The monoisotopic (exact) mass is 358 g/mol. The average molecular weight is 359 g/mol. The summed E-state index contributed by atoms with van der Waals surface area (Å²) in [7, 11) is 0. The number of hydrogen-bond acceptors (Lipinski definition) is 2. The van der Waals surface area contributed by atoms with Crippen LogP contribution in [-0.4, -0.2) is 11.8 Å². The van der Waals surface area contributed by atoms with Gasteiger partial charge in [-0.1, -0.05) is 48.0 Å². The lowest BCUT2D eigenvalue weighted by Gasteiger charge is -2.25. The van der Waals surface area contributed by atoms with E-state index in [-0.39, 0.29) is 17.9 Å². The summed E-state index contributed by atoms with van der Waals surface area (Å²) in [5.41, 5.74) is 1.25. The van der Waals surface area contributed by atoms with Crippen molar-refractivity contribution in [3.8, 4) is 0 Å². The van der Waals surface area contributed by atoms with Gasteiger partial charge in [-0.3, -0.25) is 9.59 Å². The van der Waals surface area contributed by atoms with E-state index in [0.717, 1.165) is 11.1 Å². The fourth-order valence-electron chi connectivity index (χ4n) is 2.26. The standard InChI is InChI=1S/C20H23ClN2O2/c1-13-10-11-16(12-17(13)21)23-19(25)20(3,4)18(24)22-14(2)15-8-6-5-7-9-15/h5-12,14H,1-4H3,(H,22,24)(H,23,25). The molecule has 2 aromatic rings. The van der Waals surface area contributed by atoms with Crippen molar-refractivity contribution in [2.75, 3.05) is 5.32 Å². The third kappa shape index (κ3) is 4.60. The lowest BCUT2D eigenvalue weighted by molar-refractivity contribution is -0.138. The predicted octanol–water partition coefficient (Wildman–Crippen LogP) is 4.49. The van der Waals surface area contributed by atoms with Crippen LogP contribution in [0.4, 0.5) is 5.69 Å². The Morgan fingerprint density at radius 3 is 2.28 bits per heavy atom. The van der Waals surface area contributed by atoms with Gasteiger partial charge in [-0.05, 0) is 51.0 Å². The van der Waals surface area contributed by atoms with E-state index in [1.165, 1.54) is 0 Å². The van der Waals surface area contributed by atoms with Crippen LogP contribution in [0.1, 0.15) is 37.9 Å². The summed E-state index contributed by atoms with van der Waals surface area (Å²) in [6, 6.07) is 14.7. The molecule has 0 saturated carbocycles. The molecule has 2 N–H and O–H groups in total. The highest BCUT2D eigenvalue weighted by Crippen LogP contribution is 2.24. The molecule has 0 bridgehead atoms. The van der Waals surface area contributed by atoms with E-state index >= 15 is 0 Å². The van der Waals surface area contributed by atoms with E-state index in [2.05, 4.69) is 10.6 Å². The summed E-state index contributed by atoms with van der Waals surface area (Å²) in [6.45, 7) is 6.98. The Hall–Kier alpha value is -2.33. The van der Waals surface area contributed by atoms with Crippen molar-refractivity contribution in [2.45, 2.75) is 33.7 Å². The summed E-state index contributed by atoms with van der Waals surface area (Å²) in [5, 5.41) is 6.23. The topological polar surface area (TPSA) is 58.2 Å². The second-order valence-electron chi connectivity index (χ2n) is 6.65. The van der Waals surface area contributed by atoms with Crippen molar-refractivity contribution in [2.24, 2.45) is 5.41 Å². The molecule has 0 heterocycles. The van der Waals surface area contributed by atoms with Gasteiger partial charge < -0.3 is 10.6 Å². The van der Waals surface area contributed by atoms with Crippen LogP contribution < -0.4 is 10.6 Å². The van der Waals surface area contributed by atoms with Crippen molar-refractivity contribution in [1.29, 1.82) is 0 Å². The fraction of sp³-hybridized carbons (Fsp3) is 0.300. The number of rotatable bonds is 5. The Morgan fingerprint density at radius 1 is 1.04 bits per heavy atom. The van der Waals surface area contributed by atoms with Crippen molar-refractivity contribution < 1.29 is 9.59 Å². The Bertz CT molecular complexity index is 773. The number of hydrogen-bond donors (Lipinski definition) is 2. The first kappa shape index (κ1) is 19.0. The molecule has 132 valence electrons. The first-order chi connectivity index (χ1) is 11.7. The van der Waals surface area contributed by atoms with E-state index in [1.54, 1.807) is 26.0 Å². The van der Waals surface area contributed by atoms with Gasteiger partial charge in [0, 0.05) is 10.7 Å². The van der Waals surface area contributed by atoms with Gasteiger partial charge in [-0.2, -0.15) is 0 Å². The highest BCUT2D eigenvalue weighted by Gasteiger charge is 2.36. The minimum absolute atomic E-state index is 0.186. The van der Waals surface area contributed by atoms with Crippen molar-refractivity contribution in [1.82, 2.24) is 5.32 Å². The summed E-state index contributed by atoms with van der Waals surface area (Å²) in [6.07, 6.45) is 0. The zero-order chi connectivity index (χ0) is 18.6. The number of carbonyl (C=O) groups excluding carboxylic acids is 2. The molecule has 0 spiro atoms. The van der Waals surface area contributed by atoms with Crippen LogP contribution >= 0.6 is 11.6 Å². The fourth-order valence-corrected chi connectivity index (χ4v) is 2.44. The van der Waals surface area contributed by atoms with Crippen LogP contribution in [0.15, 0.2) is 48.5 Å². The maximum Gasteiger partial charge on any atom is 0.239 e. The van der Waals surface area contributed by atoms with E-state index in [1.807, 2.05) is 50.2 Å². The van der Waals surface area contributed by atoms with Crippen LogP contribution in [-0.2, 0) is 9.59 Å². The Labute approximate surface area is 153 Å².